The van der Waals surface area contributed by atoms with Crippen LogP contribution in [-0.2, 0) is 32.7 Å². The number of rotatable bonds is 44. The summed E-state index contributed by atoms with van der Waals surface area (Å²) >= 11 is 0. The van der Waals surface area contributed by atoms with Gasteiger partial charge in [0, 0.05) is 19.4 Å². The second kappa shape index (κ2) is 43.1. The van der Waals surface area contributed by atoms with Gasteiger partial charge in [0.15, 0.2) is 6.10 Å². The average molecular weight is 814 g/mol. The summed E-state index contributed by atoms with van der Waals surface area (Å²) in [6.45, 7) is 4.22. The Morgan fingerprint density at radius 1 is 0.554 bits per heavy atom. The second-order valence-corrected chi connectivity index (χ2v) is 17.0. The monoisotopic (exact) mass is 814 g/mol. The molecule has 0 spiro atoms. The van der Waals surface area contributed by atoms with Crippen LogP contribution in [0.25, 0.3) is 0 Å². The Labute approximate surface area is 344 Å². The van der Waals surface area contributed by atoms with Gasteiger partial charge in [-0.15, -0.1) is 0 Å². The zero-order valence-corrected chi connectivity index (χ0v) is 37.5. The maximum atomic E-state index is 12.6. The van der Waals surface area contributed by atoms with Gasteiger partial charge in [0.05, 0.1) is 13.2 Å². The largest absolute Gasteiger partial charge is 0.472 e. The van der Waals surface area contributed by atoms with Crippen molar-refractivity contribution in [2.75, 3.05) is 33.4 Å². The molecule has 0 amide bonds. The number of carbonyl (C=O) groups excluding carboxylic acids is 2. The molecule has 0 rings (SSSR count). The average Bonchev–Trinajstić information content (AvgIpc) is 3.18. The van der Waals surface area contributed by atoms with Crippen LogP contribution in [0, 0.1) is 0 Å². The summed E-state index contributed by atoms with van der Waals surface area (Å²) in [5.41, 5.74) is 0. The standard InChI is InChI=1S/C46H88NO8P/c1-4-6-8-10-12-14-16-18-20-22-24-26-28-30-32-34-36-38-45(48)52-42-44(43-54-56(50,51)53-41-40-47-3)55-46(49)39-37-35-33-31-29-27-25-23-21-19-17-15-13-11-9-7-5-2/h13,15,19,21,44,47H,4-12,14,16-18,20,22-43H2,1-3H3,(H,50,51)/b15-13-,21-19-. The van der Waals surface area contributed by atoms with E-state index >= 15 is 0 Å². The summed E-state index contributed by atoms with van der Waals surface area (Å²) in [5.74, 6) is -0.805. The molecule has 2 unspecified atom stereocenters. The number of hydrogen-bond acceptors (Lipinski definition) is 8. The van der Waals surface area contributed by atoms with E-state index in [-0.39, 0.29) is 25.6 Å². The van der Waals surface area contributed by atoms with Crippen molar-refractivity contribution < 1.29 is 37.6 Å². The van der Waals surface area contributed by atoms with Gasteiger partial charge in [0.25, 0.3) is 0 Å². The van der Waals surface area contributed by atoms with Crippen molar-refractivity contribution in [1.29, 1.82) is 0 Å². The van der Waals surface area contributed by atoms with E-state index in [1.807, 2.05) is 0 Å². The van der Waals surface area contributed by atoms with Crippen LogP contribution in [-0.4, -0.2) is 56.3 Å². The molecule has 10 heteroatoms. The minimum Gasteiger partial charge on any atom is -0.462 e. The predicted molar refractivity (Wildman–Crippen MR) is 234 cm³/mol. The van der Waals surface area contributed by atoms with Crippen molar-refractivity contribution >= 4 is 19.8 Å². The van der Waals surface area contributed by atoms with Crippen molar-refractivity contribution in [1.82, 2.24) is 5.32 Å². The number of allylic oxidation sites excluding steroid dienone is 4. The van der Waals surface area contributed by atoms with Crippen LogP contribution >= 0.6 is 7.82 Å². The molecule has 0 saturated carbocycles. The Morgan fingerprint density at radius 2 is 0.964 bits per heavy atom. The van der Waals surface area contributed by atoms with Gasteiger partial charge in [-0.1, -0.05) is 186 Å². The first-order valence-corrected chi connectivity index (χ1v) is 24.8. The van der Waals surface area contributed by atoms with Crippen LogP contribution in [0.1, 0.15) is 219 Å². The van der Waals surface area contributed by atoms with Crippen LogP contribution in [0.5, 0.6) is 0 Å². The van der Waals surface area contributed by atoms with Crippen LogP contribution in [0.3, 0.4) is 0 Å². The first-order chi connectivity index (χ1) is 27.3. The normalized spacial score (nSPS) is 13.4. The predicted octanol–water partition coefficient (Wildman–Crippen LogP) is 13.4. The van der Waals surface area contributed by atoms with Crippen LogP contribution in [0.4, 0.5) is 0 Å². The number of carbonyl (C=O) groups is 2. The van der Waals surface area contributed by atoms with Crippen molar-refractivity contribution in [3.63, 3.8) is 0 Å². The Bertz CT molecular complexity index is 975. The summed E-state index contributed by atoms with van der Waals surface area (Å²) in [7, 11) is -2.65. The summed E-state index contributed by atoms with van der Waals surface area (Å²) < 4.78 is 33.3. The Hall–Kier alpha value is -1.51. The van der Waals surface area contributed by atoms with E-state index in [2.05, 4.69) is 43.5 Å². The van der Waals surface area contributed by atoms with Gasteiger partial charge in [0.1, 0.15) is 6.61 Å². The number of phosphoric acid groups is 1. The summed E-state index contributed by atoms with van der Waals surface area (Å²) in [6, 6.07) is 0. The lowest BCUT2D eigenvalue weighted by Gasteiger charge is -2.20. The SMILES string of the molecule is CCCCC/C=C\C/C=C\CCCCCCCCCC(=O)OC(COC(=O)CCCCCCCCCCCCCCCCCCC)COP(=O)(O)OCCNC. The minimum absolute atomic E-state index is 0.0166. The molecule has 2 atom stereocenters. The molecule has 330 valence electrons. The molecule has 2 N–H and O–H groups in total. The molecule has 0 aromatic heterocycles. The quantitative estimate of drug-likeness (QED) is 0.0268. The maximum absolute atomic E-state index is 12.6. The van der Waals surface area contributed by atoms with Gasteiger partial charge in [-0.05, 0) is 52.0 Å². The number of phosphoric ester groups is 1. The van der Waals surface area contributed by atoms with E-state index in [4.69, 9.17) is 18.5 Å². The van der Waals surface area contributed by atoms with E-state index in [0.717, 1.165) is 51.4 Å². The van der Waals surface area contributed by atoms with Gasteiger partial charge in [-0.25, -0.2) is 4.57 Å². The number of nitrogens with one attached hydrogen (secondary N) is 1. The highest BCUT2D eigenvalue weighted by atomic mass is 31.2. The van der Waals surface area contributed by atoms with Crippen molar-refractivity contribution in [2.24, 2.45) is 0 Å². The fraction of sp³-hybridized carbons (Fsp3) is 0.870. The number of unbranched alkanes of at least 4 members (excludes halogenated alkanes) is 26. The molecule has 0 fully saturated rings. The highest BCUT2D eigenvalue weighted by molar-refractivity contribution is 7.47. The highest BCUT2D eigenvalue weighted by Gasteiger charge is 2.26. The van der Waals surface area contributed by atoms with E-state index in [9.17, 15) is 19.0 Å². The van der Waals surface area contributed by atoms with Gasteiger partial charge in [-0.3, -0.25) is 18.6 Å². The Kier molecular flexibility index (Phi) is 41.9. The third-order valence-corrected chi connectivity index (χ3v) is 11.1. The highest BCUT2D eigenvalue weighted by Crippen LogP contribution is 2.43. The Morgan fingerprint density at radius 3 is 1.45 bits per heavy atom. The van der Waals surface area contributed by atoms with E-state index in [1.165, 1.54) is 135 Å². The molecule has 0 bridgehead atoms. The van der Waals surface area contributed by atoms with Crippen molar-refractivity contribution in [3.05, 3.63) is 24.3 Å². The molecule has 0 heterocycles. The van der Waals surface area contributed by atoms with Gasteiger partial charge in [-0.2, -0.15) is 0 Å². The summed E-state index contributed by atoms with van der Waals surface area (Å²) in [5, 5.41) is 2.83. The second-order valence-electron chi connectivity index (χ2n) is 15.6. The summed E-state index contributed by atoms with van der Waals surface area (Å²) in [4.78, 5) is 35.1. The number of ether oxygens (including phenoxy) is 2. The minimum atomic E-state index is -4.35. The molecular weight excluding hydrogens is 725 g/mol. The van der Waals surface area contributed by atoms with Crippen molar-refractivity contribution in [2.45, 2.75) is 225 Å². The first kappa shape index (κ1) is 54.5. The topological polar surface area (TPSA) is 120 Å². The molecular formula is C46H88NO8P. The lowest BCUT2D eigenvalue weighted by atomic mass is 10.0. The maximum Gasteiger partial charge on any atom is 0.472 e. The summed E-state index contributed by atoms with van der Waals surface area (Å²) in [6.07, 6.45) is 45.0. The molecule has 0 aliphatic rings. The lowest BCUT2D eigenvalue weighted by Crippen LogP contribution is -2.29. The number of likely N-dealkylation sites (N-methyl/N-ethyl adjacent to an activating group) is 1. The molecule has 0 radical (unpaired) electrons. The number of hydrogen-bond donors (Lipinski definition) is 2. The van der Waals surface area contributed by atoms with E-state index in [1.54, 1.807) is 7.05 Å². The van der Waals surface area contributed by atoms with E-state index < -0.39 is 26.5 Å². The van der Waals surface area contributed by atoms with E-state index in [0.29, 0.717) is 19.4 Å². The lowest BCUT2D eigenvalue weighted by molar-refractivity contribution is -0.161. The van der Waals surface area contributed by atoms with Crippen LogP contribution in [0.15, 0.2) is 24.3 Å². The zero-order valence-electron chi connectivity index (χ0n) is 36.6. The van der Waals surface area contributed by atoms with Crippen molar-refractivity contribution in [3.8, 4) is 0 Å². The number of esters is 2. The fourth-order valence-electron chi connectivity index (χ4n) is 6.53. The molecule has 0 aromatic rings. The molecule has 0 saturated heterocycles. The van der Waals surface area contributed by atoms with Crippen LogP contribution in [0.2, 0.25) is 0 Å². The smallest absolute Gasteiger partial charge is 0.462 e. The van der Waals surface area contributed by atoms with Gasteiger partial charge < -0.3 is 19.7 Å². The molecule has 56 heavy (non-hydrogen) atoms. The molecule has 0 aromatic carbocycles. The molecule has 0 aliphatic carbocycles. The Balaban J connectivity index is 4.17. The van der Waals surface area contributed by atoms with Gasteiger partial charge >= 0.3 is 19.8 Å². The zero-order chi connectivity index (χ0) is 41.1. The molecule has 9 nitrogen and oxygen atoms in total. The van der Waals surface area contributed by atoms with Crippen LogP contribution < -0.4 is 5.32 Å². The third-order valence-electron chi connectivity index (χ3n) is 10.1. The van der Waals surface area contributed by atoms with Gasteiger partial charge in [0.2, 0.25) is 0 Å². The first-order valence-electron chi connectivity index (χ1n) is 23.3. The third kappa shape index (κ3) is 42.1. The molecule has 0 aliphatic heterocycles. The fourth-order valence-corrected chi connectivity index (χ4v) is 7.28.